The average Bonchev–Trinajstić information content (AvgIpc) is 3.47. The number of carbonyl (C=O) groups is 2. The van der Waals surface area contributed by atoms with Crippen LogP contribution in [0.1, 0.15) is 53.5 Å². The molecular formula is C22H23N5O2S. The summed E-state index contributed by atoms with van der Waals surface area (Å²) in [5.74, 6) is -0.623. The van der Waals surface area contributed by atoms with Crippen LogP contribution in [-0.2, 0) is 4.79 Å². The van der Waals surface area contributed by atoms with Crippen molar-refractivity contribution in [2.75, 3.05) is 4.90 Å². The summed E-state index contributed by atoms with van der Waals surface area (Å²) >= 11 is 1.10. The van der Waals surface area contributed by atoms with Crippen LogP contribution in [0.3, 0.4) is 0 Å². The van der Waals surface area contributed by atoms with Gasteiger partial charge in [-0.05, 0) is 55.6 Å². The fourth-order valence-electron chi connectivity index (χ4n) is 3.74. The number of amides is 2. The van der Waals surface area contributed by atoms with Gasteiger partial charge in [0.1, 0.15) is 0 Å². The van der Waals surface area contributed by atoms with Crippen LogP contribution in [0.4, 0.5) is 5.69 Å². The molecule has 7 nitrogen and oxygen atoms in total. The van der Waals surface area contributed by atoms with Gasteiger partial charge in [-0.3, -0.25) is 19.5 Å². The molecule has 3 aromatic rings. The average molecular weight is 422 g/mol. The lowest BCUT2D eigenvalue weighted by atomic mass is 10.1. The number of hydrogen-bond donors (Lipinski definition) is 1. The van der Waals surface area contributed by atoms with Gasteiger partial charge in [0.05, 0.1) is 5.69 Å². The van der Waals surface area contributed by atoms with Crippen molar-refractivity contribution in [2.45, 2.75) is 44.7 Å². The number of nitrogens with zero attached hydrogens (tertiary/aromatic N) is 4. The van der Waals surface area contributed by atoms with Crippen LogP contribution in [-0.4, -0.2) is 32.4 Å². The summed E-state index contributed by atoms with van der Waals surface area (Å²) in [4.78, 5) is 32.8. The highest BCUT2D eigenvalue weighted by molar-refractivity contribution is 7.03. The number of aromatic nitrogens is 3. The van der Waals surface area contributed by atoms with Crippen molar-refractivity contribution < 1.29 is 9.59 Å². The smallest absolute Gasteiger partial charge is 0.280 e. The second-order valence-electron chi connectivity index (χ2n) is 7.45. The van der Waals surface area contributed by atoms with E-state index in [1.54, 1.807) is 23.7 Å². The van der Waals surface area contributed by atoms with Crippen molar-refractivity contribution in [1.82, 2.24) is 19.9 Å². The molecule has 1 aromatic carbocycles. The molecule has 1 atom stereocenters. The Morgan fingerprint density at radius 2 is 1.90 bits per heavy atom. The third kappa shape index (κ3) is 4.38. The minimum absolute atomic E-state index is 0.125. The summed E-state index contributed by atoms with van der Waals surface area (Å²) in [5, 5.41) is 8.67. The van der Waals surface area contributed by atoms with Crippen molar-refractivity contribution in [2.24, 2.45) is 0 Å². The van der Waals surface area contributed by atoms with E-state index >= 15 is 0 Å². The van der Waals surface area contributed by atoms with Crippen LogP contribution in [0.25, 0.3) is 0 Å². The molecule has 0 aliphatic heterocycles. The van der Waals surface area contributed by atoms with Crippen LogP contribution >= 0.6 is 11.5 Å². The van der Waals surface area contributed by atoms with Gasteiger partial charge < -0.3 is 5.32 Å². The van der Waals surface area contributed by atoms with Crippen LogP contribution in [0.2, 0.25) is 0 Å². The SMILES string of the molecule is Cc1ccc(N(C(=O)c2csnn2)[C@@H](C(=O)NC2CCCC2)c2ccccn2)cc1. The van der Waals surface area contributed by atoms with Gasteiger partial charge in [0, 0.05) is 23.3 Å². The molecule has 0 bridgehead atoms. The van der Waals surface area contributed by atoms with E-state index in [0.29, 0.717) is 11.4 Å². The maximum absolute atomic E-state index is 13.5. The van der Waals surface area contributed by atoms with Gasteiger partial charge in [-0.1, -0.05) is 41.1 Å². The lowest BCUT2D eigenvalue weighted by Gasteiger charge is -2.31. The van der Waals surface area contributed by atoms with Gasteiger partial charge in [-0.25, -0.2) is 0 Å². The lowest BCUT2D eigenvalue weighted by Crippen LogP contribution is -2.46. The maximum atomic E-state index is 13.5. The Balaban J connectivity index is 1.78. The molecule has 2 heterocycles. The summed E-state index contributed by atoms with van der Waals surface area (Å²) in [6.45, 7) is 1.98. The zero-order chi connectivity index (χ0) is 20.9. The number of anilines is 1. The third-order valence-corrected chi connectivity index (χ3v) is 5.79. The molecule has 2 amide bonds. The topological polar surface area (TPSA) is 88.1 Å². The Kier molecular flexibility index (Phi) is 6.13. The molecule has 1 fully saturated rings. The molecule has 4 rings (SSSR count). The summed E-state index contributed by atoms with van der Waals surface area (Å²) in [6.07, 6.45) is 5.74. The zero-order valence-electron chi connectivity index (χ0n) is 16.7. The predicted molar refractivity (Wildman–Crippen MR) is 115 cm³/mol. The van der Waals surface area contributed by atoms with Gasteiger partial charge >= 0.3 is 0 Å². The molecule has 1 aliphatic carbocycles. The Bertz CT molecular complexity index is 986. The molecule has 154 valence electrons. The molecule has 8 heteroatoms. The fraction of sp³-hybridized carbons (Fsp3) is 0.318. The number of hydrogen-bond acceptors (Lipinski definition) is 6. The first kappa shape index (κ1) is 20.2. The molecular weight excluding hydrogens is 398 g/mol. The van der Waals surface area contributed by atoms with E-state index in [1.165, 1.54) is 4.90 Å². The Labute approximate surface area is 179 Å². The highest BCUT2D eigenvalue weighted by Crippen LogP contribution is 2.30. The second kappa shape index (κ2) is 9.13. The molecule has 0 saturated heterocycles. The zero-order valence-corrected chi connectivity index (χ0v) is 17.5. The highest BCUT2D eigenvalue weighted by Gasteiger charge is 2.36. The largest absolute Gasteiger partial charge is 0.351 e. The standard InChI is InChI=1S/C22H23N5O2S/c1-15-9-11-17(12-10-15)27(22(29)19-14-30-26-25-19)20(18-8-4-5-13-23-18)21(28)24-16-6-2-3-7-16/h4-5,8-14,16,20H,2-3,6-7H2,1H3,(H,24,28)/t20-/m1/s1. The molecule has 0 spiro atoms. The van der Waals surface area contributed by atoms with E-state index < -0.39 is 6.04 Å². The van der Waals surface area contributed by atoms with Crippen LogP contribution in [0, 0.1) is 6.92 Å². The Morgan fingerprint density at radius 1 is 1.13 bits per heavy atom. The van der Waals surface area contributed by atoms with Crippen LogP contribution in [0.15, 0.2) is 54.0 Å². The minimum Gasteiger partial charge on any atom is -0.351 e. The normalized spacial score (nSPS) is 15.0. The van der Waals surface area contributed by atoms with Crippen LogP contribution in [0.5, 0.6) is 0 Å². The van der Waals surface area contributed by atoms with E-state index in [2.05, 4.69) is 19.9 Å². The number of pyridine rings is 1. The highest BCUT2D eigenvalue weighted by atomic mass is 32.1. The maximum Gasteiger partial charge on any atom is 0.280 e. The van der Waals surface area contributed by atoms with Gasteiger partial charge in [0.15, 0.2) is 11.7 Å². The first-order chi connectivity index (χ1) is 14.6. The number of benzene rings is 1. The summed E-state index contributed by atoms with van der Waals surface area (Å²) in [5.41, 5.74) is 2.38. The monoisotopic (exact) mass is 421 g/mol. The van der Waals surface area contributed by atoms with Crippen molar-refractivity contribution in [3.05, 3.63) is 71.0 Å². The molecule has 1 saturated carbocycles. The van der Waals surface area contributed by atoms with Crippen molar-refractivity contribution in [3.8, 4) is 0 Å². The quantitative estimate of drug-likeness (QED) is 0.656. The van der Waals surface area contributed by atoms with Crippen molar-refractivity contribution in [1.29, 1.82) is 0 Å². The minimum atomic E-state index is -0.913. The van der Waals surface area contributed by atoms with E-state index in [0.717, 1.165) is 42.8 Å². The van der Waals surface area contributed by atoms with E-state index in [4.69, 9.17) is 0 Å². The molecule has 1 aliphatic rings. The summed E-state index contributed by atoms with van der Waals surface area (Å²) < 4.78 is 3.82. The van der Waals surface area contributed by atoms with E-state index in [-0.39, 0.29) is 23.6 Å². The van der Waals surface area contributed by atoms with E-state index in [1.807, 2.05) is 37.3 Å². The van der Waals surface area contributed by atoms with Gasteiger partial charge in [-0.2, -0.15) is 0 Å². The number of rotatable bonds is 6. The molecule has 1 N–H and O–H groups in total. The van der Waals surface area contributed by atoms with Gasteiger partial charge in [0.25, 0.3) is 5.91 Å². The number of carbonyl (C=O) groups excluding carboxylic acids is 2. The van der Waals surface area contributed by atoms with Crippen molar-refractivity contribution in [3.63, 3.8) is 0 Å². The first-order valence-corrected chi connectivity index (χ1v) is 10.9. The molecule has 2 aromatic heterocycles. The third-order valence-electron chi connectivity index (χ3n) is 5.29. The second-order valence-corrected chi connectivity index (χ2v) is 8.06. The predicted octanol–water partition coefficient (Wildman–Crippen LogP) is 3.69. The van der Waals surface area contributed by atoms with Gasteiger partial charge in [-0.15, -0.1) is 5.10 Å². The number of nitrogens with one attached hydrogen (secondary N) is 1. The fourth-order valence-corrected chi connectivity index (χ4v) is 4.17. The van der Waals surface area contributed by atoms with E-state index in [9.17, 15) is 9.59 Å². The Morgan fingerprint density at radius 3 is 2.53 bits per heavy atom. The molecule has 0 unspecified atom stereocenters. The summed E-state index contributed by atoms with van der Waals surface area (Å²) in [6, 6.07) is 12.1. The van der Waals surface area contributed by atoms with Gasteiger partial charge in [0.2, 0.25) is 5.91 Å². The summed E-state index contributed by atoms with van der Waals surface area (Å²) in [7, 11) is 0. The molecule has 30 heavy (non-hydrogen) atoms. The first-order valence-electron chi connectivity index (χ1n) is 10.0. The van der Waals surface area contributed by atoms with Crippen LogP contribution < -0.4 is 10.2 Å². The lowest BCUT2D eigenvalue weighted by molar-refractivity contribution is -0.123. The molecule has 0 radical (unpaired) electrons. The Hall–Kier alpha value is -3.13. The van der Waals surface area contributed by atoms with Crippen molar-refractivity contribution >= 4 is 29.0 Å². The number of aryl methyl sites for hydroxylation is 1.